The molecule has 5 heteroatoms. The fourth-order valence-electron chi connectivity index (χ4n) is 2.37. The quantitative estimate of drug-likeness (QED) is 0.894. The highest BCUT2D eigenvalue weighted by Gasteiger charge is 2.30. The second kappa shape index (κ2) is 5.51. The van der Waals surface area contributed by atoms with Crippen LogP contribution in [0.4, 0.5) is 11.4 Å². The number of halogens is 1. The van der Waals surface area contributed by atoms with Crippen LogP contribution in [-0.4, -0.2) is 23.6 Å². The minimum atomic E-state index is -1.06. The van der Waals surface area contributed by atoms with Crippen LogP contribution in [0.25, 0.3) is 0 Å². The number of nitrogens with one attached hydrogen (secondary N) is 1. The molecule has 0 radical (unpaired) electrons. The maximum absolute atomic E-state index is 11.5. The second-order valence-electron chi connectivity index (χ2n) is 5.07. The van der Waals surface area contributed by atoms with Crippen LogP contribution in [0.2, 0.25) is 0 Å². The molecule has 104 valence electrons. The van der Waals surface area contributed by atoms with Gasteiger partial charge in [0.15, 0.2) is 6.10 Å². The Labute approximate surface area is 121 Å². The number of aliphatic hydroxyl groups excluding tert-OH is 1. The molecule has 2 N–H and O–H groups in total. The van der Waals surface area contributed by atoms with Crippen LogP contribution in [0.5, 0.6) is 0 Å². The van der Waals surface area contributed by atoms with E-state index in [2.05, 4.69) is 46.9 Å². The zero-order chi connectivity index (χ0) is 14.2. The molecule has 0 bridgehead atoms. The van der Waals surface area contributed by atoms with Crippen molar-refractivity contribution in [1.29, 1.82) is 0 Å². The third-order valence-electron chi connectivity index (χ3n) is 3.32. The summed E-state index contributed by atoms with van der Waals surface area (Å²) in [6.07, 6.45) is -0.00419. The number of hydrogen-bond acceptors (Lipinski definition) is 3. The number of rotatable bonds is 4. The molecule has 4 nitrogen and oxygen atoms in total. The van der Waals surface area contributed by atoms with E-state index in [0.29, 0.717) is 17.3 Å². The van der Waals surface area contributed by atoms with E-state index in [1.54, 1.807) is 0 Å². The fourth-order valence-corrected chi connectivity index (χ4v) is 2.96. The largest absolute Gasteiger partial charge is 0.378 e. The topological polar surface area (TPSA) is 52.6 Å². The van der Waals surface area contributed by atoms with Crippen LogP contribution in [0.15, 0.2) is 16.6 Å². The summed E-state index contributed by atoms with van der Waals surface area (Å²) in [4.78, 5) is 13.8. The summed E-state index contributed by atoms with van der Waals surface area (Å²) in [7, 11) is 0. The molecule has 19 heavy (non-hydrogen) atoms. The van der Waals surface area contributed by atoms with Crippen LogP contribution < -0.4 is 10.2 Å². The second-order valence-corrected chi connectivity index (χ2v) is 5.92. The molecule has 0 spiro atoms. The van der Waals surface area contributed by atoms with Crippen molar-refractivity contribution in [3.63, 3.8) is 0 Å². The van der Waals surface area contributed by atoms with Crippen LogP contribution in [0.3, 0.4) is 0 Å². The first kappa shape index (κ1) is 14.3. The van der Waals surface area contributed by atoms with Crippen molar-refractivity contribution in [3.8, 4) is 0 Å². The first-order chi connectivity index (χ1) is 8.95. The molecule has 0 aliphatic carbocycles. The Morgan fingerprint density at radius 3 is 2.74 bits per heavy atom. The van der Waals surface area contributed by atoms with Gasteiger partial charge < -0.3 is 15.3 Å². The molecule has 1 aliphatic rings. The Kier molecular flexibility index (Phi) is 4.16. The molecule has 0 fully saturated rings. The first-order valence-electron chi connectivity index (χ1n) is 6.54. The average molecular weight is 327 g/mol. The molecule has 1 aromatic rings. The van der Waals surface area contributed by atoms with Crippen LogP contribution in [-0.2, 0) is 4.79 Å². The van der Waals surface area contributed by atoms with E-state index in [4.69, 9.17) is 0 Å². The Hall–Kier alpha value is -1.07. The number of amides is 1. The molecule has 0 saturated heterocycles. The van der Waals surface area contributed by atoms with Crippen molar-refractivity contribution in [2.24, 2.45) is 0 Å². The van der Waals surface area contributed by atoms with E-state index < -0.39 is 6.10 Å². The Balaban J connectivity index is 2.43. The Morgan fingerprint density at radius 1 is 1.47 bits per heavy atom. The molecule has 0 aromatic heterocycles. The number of carbonyl (C=O) groups excluding carboxylic acids is 1. The van der Waals surface area contributed by atoms with Crippen molar-refractivity contribution in [1.82, 2.24) is 0 Å². The number of hydrogen-bond donors (Lipinski definition) is 2. The summed E-state index contributed by atoms with van der Waals surface area (Å²) in [5.74, 6) is -0.356. The minimum absolute atomic E-state index is 0.356. The standard InChI is InChI=1S/C14H19BrN2O2/c1-4-5-17(8(2)3)12-7-11-9(6-10(12)15)13(18)14(19)16-11/h6-8,13,18H,4-5H2,1-3H3,(H,16,19). The smallest absolute Gasteiger partial charge is 0.257 e. The van der Waals surface area contributed by atoms with Gasteiger partial charge in [0.05, 0.1) is 5.69 Å². The predicted molar refractivity (Wildman–Crippen MR) is 80.5 cm³/mol. The minimum Gasteiger partial charge on any atom is -0.378 e. The van der Waals surface area contributed by atoms with Gasteiger partial charge in [0, 0.05) is 28.3 Å². The maximum Gasteiger partial charge on any atom is 0.257 e. The summed E-state index contributed by atoms with van der Waals surface area (Å²) < 4.78 is 0.906. The van der Waals surface area contributed by atoms with Crippen LogP contribution in [0, 0.1) is 0 Å². The molecule has 1 heterocycles. The van der Waals surface area contributed by atoms with Gasteiger partial charge in [-0.2, -0.15) is 0 Å². The van der Waals surface area contributed by atoms with Crippen molar-refractivity contribution in [2.75, 3.05) is 16.8 Å². The van der Waals surface area contributed by atoms with Gasteiger partial charge in [0.25, 0.3) is 5.91 Å². The first-order valence-corrected chi connectivity index (χ1v) is 7.34. The molecule has 2 rings (SSSR count). The lowest BCUT2D eigenvalue weighted by Gasteiger charge is -2.30. The summed E-state index contributed by atoms with van der Waals surface area (Å²) in [6, 6.07) is 4.14. The van der Waals surface area contributed by atoms with E-state index in [0.717, 1.165) is 23.1 Å². The number of benzene rings is 1. The van der Waals surface area contributed by atoms with Gasteiger partial charge in [-0.05, 0) is 48.3 Å². The number of fused-ring (bicyclic) bond motifs is 1. The van der Waals surface area contributed by atoms with Gasteiger partial charge in [0.1, 0.15) is 0 Å². The van der Waals surface area contributed by atoms with Gasteiger partial charge in [-0.1, -0.05) is 6.92 Å². The van der Waals surface area contributed by atoms with Gasteiger partial charge in [0.2, 0.25) is 0 Å². The number of aliphatic hydroxyl groups is 1. The maximum atomic E-state index is 11.5. The van der Waals surface area contributed by atoms with Crippen molar-refractivity contribution < 1.29 is 9.90 Å². The lowest BCUT2D eigenvalue weighted by atomic mass is 10.1. The molecule has 0 saturated carbocycles. The molecule has 1 aliphatic heterocycles. The highest BCUT2D eigenvalue weighted by atomic mass is 79.9. The Bertz CT molecular complexity index is 502. The monoisotopic (exact) mass is 326 g/mol. The SMILES string of the molecule is CCCN(c1cc2c(cc1Br)C(O)C(=O)N2)C(C)C. The fraction of sp³-hybridized carbons (Fsp3) is 0.500. The number of carbonyl (C=O) groups is 1. The van der Waals surface area contributed by atoms with Gasteiger partial charge >= 0.3 is 0 Å². The summed E-state index contributed by atoms with van der Waals surface area (Å²) in [6.45, 7) is 7.37. The highest BCUT2D eigenvalue weighted by molar-refractivity contribution is 9.10. The van der Waals surface area contributed by atoms with Crippen molar-refractivity contribution in [3.05, 3.63) is 22.2 Å². The van der Waals surface area contributed by atoms with E-state index in [1.807, 2.05) is 12.1 Å². The van der Waals surface area contributed by atoms with E-state index in [-0.39, 0.29) is 5.91 Å². The van der Waals surface area contributed by atoms with Gasteiger partial charge in [-0.15, -0.1) is 0 Å². The van der Waals surface area contributed by atoms with Crippen molar-refractivity contribution >= 4 is 33.2 Å². The molecule has 1 atom stereocenters. The lowest BCUT2D eigenvalue weighted by Crippen LogP contribution is -2.31. The highest BCUT2D eigenvalue weighted by Crippen LogP contribution is 2.39. The van der Waals surface area contributed by atoms with E-state index >= 15 is 0 Å². The van der Waals surface area contributed by atoms with Crippen molar-refractivity contribution in [2.45, 2.75) is 39.3 Å². The molecular formula is C14H19BrN2O2. The average Bonchev–Trinajstić information content (AvgIpc) is 2.62. The summed E-state index contributed by atoms with van der Waals surface area (Å²) >= 11 is 3.54. The van der Waals surface area contributed by atoms with Crippen LogP contribution >= 0.6 is 15.9 Å². The Morgan fingerprint density at radius 2 is 2.16 bits per heavy atom. The van der Waals surface area contributed by atoms with E-state index in [1.165, 1.54) is 0 Å². The van der Waals surface area contributed by atoms with Gasteiger partial charge in [-0.3, -0.25) is 4.79 Å². The third-order valence-corrected chi connectivity index (χ3v) is 3.95. The molecular weight excluding hydrogens is 308 g/mol. The summed E-state index contributed by atoms with van der Waals surface area (Å²) in [5, 5.41) is 12.5. The zero-order valence-corrected chi connectivity index (χ0v) is 13.0. The summed E-state index contributed by atoms with van der Waals surface area (Å²) in [5.41, 5.74) is 2.39. The number of anilines is 2. The normalized spacial score (nSPS) is 17.6. The van der Waals surface area contributed by atoms with Crippen LogP contribution in [0.1, 0.15) is 38.9 Å². The van der Waals surface area contributed by atoms with E-state index in [9.17, 15) is 9.90 Å². The predicted octanol–water partition coefficient (Wildman–Crippen LogP) is 3.06. The van der Waals surface area contributed by atoms with Gasteiger partial charge in [-0.25, -0.2) is 0 Å². The third kappa shape index (κ3) is 2.62. The lowest BCUT2D eigenvalue weighted by molar-refractivity contribution is -0.123. The zero-order valence-electron chi connectivity index (χ0n) is 11.4. The molecule has 1 aromatic carbocycles. The molecule has 1 amide bonds. The number of nitrogens with zero attached hydrogens (tertiary/aromatic N) is 1. The molecule has 1 unspecified atom stereocenters.